The van der Waals surface area contributed by atoms with Crippen LogP contribution in [-0.4, -0.2) is 35.1 Å². The van der Waals surface area contributed by atoms with Gasteiger partial charge in [-0.3, -0.25) is 9.10 Å². The summed E-state index contributed by atoms with van der Waals surface area (Å²) >= 11 is 0. The van der Waals surface area contributed by atoms with Crippen LogP contribution in [-0.2, 0) is 14.8 Å². The zero-order valence-corrected chi connectivity index (χ0v) is 19.9. The SMILES string of the molecule is COc1ccc(C(C)NC(=O)CN(c2ccccc2)S(=O)(=O)c2ccc(OC)c(C)c2)cc1. The molecule has 1 amide bonds. The average Bonchev–Trinajstić information content (AvgIpc) is 2.83. The number of anilines is 1. The molecule has 0 spiro atoms. The summed E-state index contributed by atoms with van der Waals surface area (Å²) in [7, 11) is -0.890. The van der Waals surface area contributed by atoms with Crippen molar-refractivity contribution in [3.8, 4) is 11.5 Å². The number of sulfonamides is 1. The summed E-state index contributed by atoms with van der Waals surface area (Å²) in [5, 5.41) is 2.88. The van der Waals surface area contributed by atoms with Crippen molar-refractivity contribution in [3.05, 3.63) is 83.9 Å². The van der Waals surface area contributed by atoms with Crippen LogP contribution in [0.5, 0.6) is 11.5 Å². The summed E-state index contributed by atoms with van der Waals surface area (Å²) in [6.07, 6.45) is 0. The molecule has 0 radical (unpaired) electrons. The van der Waals surface area contributed by atoms with Gasteiger partial charge in [0.25, 0.3) is 10.0 Å². The normalized spacial score (nSPS) is 12.0. The average molecular weight is 469 g/mol. The third-order valence-corrected chi connectivity index (χ3v) is 7.05. The van der Waals surface area contributed by atoms with E-state index in [-0.39, 0.29) is 17.5 Å². The zero-order chi connectivity index (χ0) is 24.0. The van der Waals surface area contributed by atoms with E-state index in [0.29, 0.717) is 22.7 Å². The Morgan fingerprint density at radius 1 is 0.970 bits per heavy atom. The predicted octanol–water partition coefficient (Wildman–Crippen LogP) is 4.08. The van der Waals surface area contributed by atoms with Gasteiger partial charge in [-0.05, 0) is 67.4 Å². The van der Waals surface area contributed by atoms with Crippen LogP contribution in [0.4, 0.5) is 5.69 Å². The number of amides is 1. The lowest BCUT2D eigenvalue weighted by Crippen LogP contribution is -2.41. The van der Waals surface area contributed by atoms with Gasteiger partial charge in [0.15, 0.2) is 0 Å². The second-order valence-corrected chi connectivity index (χ2v) is 9.40. The predicted molar refractivity (Wildman–Crippen MR) is 128 cm³/mol. The molecule has 0 aromatic heterocycles. The summed E-state index contributed by atoms with van der Waals surface area (Å²) in [5.74, 6) is 0.885. The summed E-state index contributed by atoms with van der Waals surface area (Å²) in [6, 6.07) is 20.2. The fourth-order valence-electron chi connectivity index (χ4n) is 3.44. The van der Waals surface area contributed by atoms with Crippen molar-refractivity contribution in [3.63, 3.8) is 0 Å². The second kappa shape index (κ2) is 10.4. The molecule has 0 heterocycles. The molecule has 7 nitrogen and oxygen atoms in total. The second-order valence-electron chi connectivity index (χ2n) is 7.54. The van der Waals surface area contributed by atoms with E-state index in [1.54, 1.807) is 56.5 Å². The number of hydrogen-bond donors (Lipinski definition) is 1. The highest BCUT2D eigenvalue weighted by molar-refractivity contribution is 7.92. The van der Waals surface area contributed by atoms with Gasteiger partial charge in [0.05, 0.1) is 30.8 Å². The van der Waals surface area contributed by atoms with E-state index >= 15 is 0 Å². The molecule has 0 fully saturated rings. The van der Waals surface area contributed by atoms with Gasteiger partial charge >= 0.3 is 0 Å². The first-order chi connectivity index (χ1) is 15.8. The van der Waals surface area contributed by atoms with Crippen LogP contribution in [0.2, 0.25) is 0 Å². The summed E-state index contributed by atoms with van der Waals surface area (Å²) in [6.45, 7) is 3.25. The van der Waals surface area contributed by atoms with Gasteiger partial charge in [-0.25, -0.2) is 8.42 Å². The molecule has 0 saturated heterocycles. The summed E-state index contributed by atoms with van der Waals surface area (Å²) in [4.78, 5) is 13.0. The lowest BCUT2D eigenvalue weighted by molar-refractivity contribution is -0.120. The maximum Gasteiger partial charge on any atom is 0.264 e. The van der Waals surface area contributed by atoms with Crippen LogP contribution in [0.15, 0.2) is 77.7 Å². The van der Waals surface area contributed by atoms with Crippen molar-refractivity contribution >= 4 is 21.6 Å². The molecule has 0 aliphatic heterocycles. The molecule has 0 bridgehead atoms. The number of hydrogen-bond acceptors (Lipinski definition) is 5. The number of carbonyl (C=O) groups excluding carboxylic acids is 1. The number of para-hydroxylation sites is 1. The maximum absolute atomic E-state index is 13.5. The molecule has 3 aromatic carbocycles. The first-order valence-electron chi connectivity index (χ1n) is 10.4. The molecule has 0 aliphatic rings. The molecule has 3 rings (SSSR count). The first-order valence-corrected chi connectivity index (χ1v) is 11.9. The molecule has 0 aliphatic carbocycles. The van der Waals surface area contributed by atoms with Crippen molar-refractivity contribution in [1.29, 1.82) is 0 Å². The van der Waals surface area contributed by atoms with E-state index in [4.69, 9.17) is 9.47 Å². The zero-order valence-electron chi connectivity index (χ0n) is 19.1. The quantitative estimate of drug-likeness (QED) is 0.511. The monoisotopic (exact) mass is 468 g/mol. The van der Waals surface area contributed by atoms with Gasteiger partial charge in [-0.2, -0.15) is 0 Å². The molecule has 174 valence electrons. The summed E-state index contributed by atoms with van der Waals surface area (Å²) < 4.78 is 38.6. The number of carbonyl (C=O) groups is 1. The number of aryl methyl sites for hydroxylation is 1. The van der Waals surface area contributed by atoms with E-state index in [2.05, 4.69) is 5.32 Å². The van der Waals surface area contributed by atoms with Crippen molar-refractivity contribution in [2.24, 2.45) is 0 Å². The van der Waals surface area contributed by atoms with Crippen LogP contribution in [0, 0.1) is 6.92 Å². The minimum atomic E-state index is -4.01. The molecular formula is C25H28N2O5S. The number of nitrogens with one attached hydrogen (secondary N) is 1. The van der Waals surface area contributed by atoms with E-state index < -0.39 is 15.9 Å². The Morgan fingerprint density at radius 3 is 2.21 bits per heavy atom. The molecule has 3 aromatic rings. The van der Waals surface area contributed by atoms with Gasteiger partial charge in [0.2, 0.25) is 5.91 Å². The Labute approximate surface area is 195 Å². The van der Waals surface area contributed by atoms with Crippen LogP contribution in [0.1, 0.15) is 24.1 Å². The van der Waals surface area contributed by atoms with Crippen molar-refractivity contribution in [2.75, 3.05) is 25.1 Å². The fraction of sp³-hybridized carbons (Fsp3) is 0.240. The Hall–Kier alpha value is -3.52. The minimum absolute atomic E-state index is 0.0839. The molecule has 0 saturated carbocycles. The number of rotatable bonds is 9. The van der Waals surface area contributed by atoms with Crippen LogP contribution in [0.3, 0.4) is 0 Å². The highest BCUT2D eigenvalue weighted by atomic mass is 32.2. The van der Waals surface area contributed by atoms with Crippen molar-refractivity contribution < 1.29 is 22.7 Å². The topological polar surface area (TPSA) is 84.9 Å². The Bertz CT molecular complexity index is 1200. The largest absolute Gasteiger partial charge is 0.497 e. The molecular weight excluding hydrogens is 440 g/mol. The molecule has 1 atom stereocenters. The summed E-state index contributed by atoms with van der Waals surface area (Å²) in [5.41, 5.74) is 1.96. The van der Waals surface area contributed by atoms with Gasteiger partial charge < -0.3 is 14.8 Å². The lowest BCUT2D eigenvalue weighted by Gasteiger charge is -2.25. The van der Waals surface area contributed by atoms with Crippen LogP contribution < -0.4 is 19.1 Å². The van der Waals surface area contributed by atoms with Gasteiger partial charge in [-0.15, -0.1) is 0 Å². The third-order valence-electron chi connectivity index (χ3n) is 5.28. The Kier molecular flexibility index (Phi) is 7.60. The number of benzene rings is 3. The van der Waals surface area contributed by atoms with Crippen LogP contribution >= 0.6 is 0 Å². The van der Waals surface area contributed by atoms with E-state index in [1.807, 2.05) is 31.2 Å². The highest BCUT2D eigenvalue weighted by Crippen LogP contribution is 2.27. The van der Waals surface area contributed by atoms with Crippen molar-refractivity contribution in [2.45, 2.75) is 24.8 Å². The van der Waals surface area contributed by atoms with E-state index in [0.717, 1.165) is 9.87 Å². The molecule has 8 heteroatoms. The van der Waals surface area contributed by atoms with Gasteiger partial charge in [-0.1, -0.05) is 30.3 Å². The molecule has 1 unspecified atom stereocenters. The Balaban J connectivity index is 1.86. The van der Waals surface area contributed by atoms with Gasteiger partial charge in [0, 0.05) is 0 Å². The van der Waals surface area contributed by atoms with E-state index in [9.17, 15) is 13.2 Å². The molecule has 1 N–H and O–H groups in total. The van der Waals surface area contributed by atoms with Gasteiger partial charge in [0.1, 0.15) is 18.0 Å². The third kappa shape index (κ3) is 5.64. The maximum atomic E-state index is 13.5. The number of ether oxygens (including phenoxy) is 2. The highest BCUT2D eigenvalue weighted by Gasteiger charge is 2.28. The lowest BCUT2D eigenvalue weighted by atomic mass is 10.1. The number of methoxy groups -OCH3 is 2. The number of nitrogens with zero attached hydrogens (tertiary/aromatic N) is 1. The minimum Gasteiger partial charge on any atom is -0.497 e. The first kappa shape index (κ1) is 24.1. The fourth-order valence-corrected chi connectivity index (χ4v) is 4.95. The van der Waals surface area contributed by atoms with Crippen molar-refractivity contribution in [1.82, 2.24) is 5.32 Å². The Morgan fingerprint density at radius 2 is 1.64 bits per heavy atom. The van der Waals surface area contributed by atoms with Crippen LogP contribution in [0.25, 0.3) is 0 Å². The molecule has 33 heavy (non-hydrogen) atoms. The standard InChI is InChI=1S/C25H28N2O5S/c1-18-16-23(14-15-24(18)32-4)33(29,30)27(21-8-6-5-7-9-21)17-25(28)26-19(2)20-10-12-22(31-3)13-11-20/h5-16,19H,17H2,1-4H3,(H,26,28). The van der Waals surface area contributed by atoms with E-state index in [1.165, 1.54) is 13.2 Å². The smallest absolute Gasteiger partial charge is 0.264 e.